The van der Waals surface area contributed by atoms with Crippen LogP contribution in [0.3, 0.4) is 0 Å². The Morgan fingerprint density at radius 3 is 2.58 bits per heavy atom. The van der Waals surface area contributed by atoms with Crippen LogP contribution in [0.15, 0.2) is 29.4 Å². The second-order valence-electron chi connectivity index (χ2n) is 4.89. The van der Waals surface area contributed by atoms with Crippen molar-refractivity contribution in [2.75, 3.05) is 18.8 Å². The van der Waals surface area contributed by atoms with E-state index in [1.165, 1.54) is 51.5 Å². The predicted molar refractivity (Wildman–Crippen MR) is 85.8 cm³/mol. The molecule has 2 nitrogen and oxygen atoms in total. The molecule has 0 spiro atoms. The molecule has 0 atom stereocenters. The molecule has 108 valence electrons. The highest BCUT2D eigenvalue weighted by Crippen LogP contribution is 2.14. The summed E-state index contributed by atoms with van der Waals surface area (Å²) in [6.07, 6.45) is 11.4. The molecular weight excluding hydrogens is 252 g/mol. The Morgan fingerprint density at radius 2 is 1.79 bits per heavy atom. The van der Waals surface area contributed by atoms with Crippen molar-refractivity contribution in [3.63, 3.8) is 0 Å². The van der Waals surface area contributed by atoms with Gasteiger partial charge in [-0.3, -0.25) is 0 Å². The zero-order valence-corrected chi connectivity index (χ0v) is 13.1. The highest BCUT2D eigenvalue weighted by molar-refractivity contribution is 7.99. The molecular formula is C16H28N2S. The number of pyridine rings is 1. The molecule has 0 unspecified atom stereocenters. The lowest BCUT2D eigenvalue weighted by Gasteiger charge is -2.04. The summed E-state index contributed by atoms with van der Waals surface area (Å²) < 4.78 is 0. The van der Waals surface area contributed by atoms with Crippen LogP contribution in [0.25, 0.3) is 0 Å². The van der Waals surface area contributed by atoms with Crippen LogP contribution in [0.4, 0.5) is 0 Å². The molecule has 0 saturated carbocycles. The fourth-order valence-electron chi connectivity index (χ4n) is 1.96. The molecule has 0 aliphatic heterocycles. The Morgan fingerprint density at radius 1 is 1.00 bits per heavy atom. The van der Waals surface area contributed by atoms with Gasteiger partial charge in [0, 0.05) is 11.9 Å². The monoisotopic (exact) mass is 280 g/mol. The van der Waals surface area contributed by atoms with Crippen molar-refractivity contribution in [3.05, 3.63) is 24.4 Å². The molecule has 0 amide bonds. The van der Waals surface area contributed by atoms with Crippen LogP contribution in [0.2, 0.25) is 0 Å². The van der Waals surface area contributed by atoms with Gasteiger partial charge >= 0.3 is 0 Å². The van der Waals surface area contributed by atoms with Gasteiger partial charge in [-0.05, 0) is 38.1 Å². The molecule has 0 fully saturated rings. The summed E-state index contributed by atoms with van der Waals surface area (Å²) in [4.78, 5) is 4.30. The summed E-state index contributed by atoms with van der Waals surface area (Å²) in [5.74, 6) is 1.15. The van der Waals surface area contributed by atoms with Crippen LogP contribution in [0.5, 0.6) is 0 Å². The van der Waals surface area contributed by atoms with Crippen molar-refractivity contribution in [2.45, 2.75) is 56.9 Å². The summed E-state index contributed by atoms with van der Waals surface area (Å²) in [6.45, 7) is 4.58. The summed E-state index contributed by atoms with van der Waals surface area (Å²) in [5.41, 5.74) is 0. The van der Waals surface area contributed by atoms with Gasteiger partial charge in [-0.25, -0.2) is 4.98 Å². The van der Waals surface area contributed by atoms with Crippen LogP contribution in [0.1, 0.15) is 51.9 Å². The van der Waals surface area contributed by atoms with E-state index in [-0.39, 0.29) is 0 Å². The van der Waals surface area contributed by atoms with E-state index in [1.54, 1.807) is 0 Å². The molecule has 3 heteroatoms. The highest BCUT2D eigenvalue weighted by atomic mass is 32.2. The zero-order valence-electron chi connectivity index (χ0n) is 12.2. The third kappa shape index (κ3) is 9.97. The van der Waals surface area contributed by atoms with Crippen molar-refractivity contribution in [3.8, 4) is 0 Å². The SMILES string of the molecule is CCCCCCCCNCCCSc1ccccn1. The van der Waals surface area contributed by atoms with Gasteiger partial charge in [0.2, 0.25) is 0 Å². The Hall–Kier alpha value is -0.540. The van der Waals surface area contributed by atoms with Crippen molar-refractivity contribution in [1.29, 1.82) is 0 Å². The van der Waals surface area contributed by atoms with Crippen molar-refractivity contribution in [1.82, 2.24) is 10.3 Å². The van der Waals surface area contributed by atoms with Gasteiger partial charge in [0.25, 0.3) is 0 Å². The van der Waals surface area contributed by atoms with E-state index in [0.717, 1.165) is 17.3 Å². The standard InChI is InChI=1S/C16H28N2S/c1-2-3-4-5-6-8-12-17-13-10-15-19-16-11-7-9-14-18-16/h7,9,11,14,17H,2-6,8,10,12-13,15H2,1H3. The first-order valence-corrected chi connectivity index (χ1v) is 8.66. The Bertz CT molecular complexity index is 290. The molecule has 1 rings (SSSR count). The zero-order chi connectivity index (χ0) is 13.6. The first-order valence-electron chi connectivity index (χ1n) is 7.68. The molecule has 1 N–H and O–H groups in total. The molecule has 0 bridgehead atoms. The maximum Gasteiger partial charge on any atom is 0.0959 e. The number of unbranched alkanes of at least 4 members (excludes halogenated alkanes) is 5. The smallest absolute Gasteiger partial charge is 0.0959 e. The average molecular weight is 280 g/mol. The van der Waals surface area contributed by atoms with Crippen LogP contribution < -0.4 is 5.32 Å². The quantitative estimate of drug-likeness (QED) is 0.450. The molecule has 0 aliphatic carbocycles. The van der Waals surface area contributed by atoms with E-state index in [2.05, 4.69) is 23.3 Å². The molecule has 1 aromatic rings. The number of aromatic nitrogens is 1. The maximum absolute atomic E-state index is 4.30. The van der Waals surface area contributed by atoms with Gasteiger partial charge in [-0.1, -0.05) is 45.1 Å². The van der Waals surface area contributed by atoms with Gasteiger partial charge in [-0.15, -0.1) is 11.8 Å². The number of hydrogen-bond acceptors (Lipinski definition) is 3. The molecule has 0 aliphatic rings. The van der Waals surface area contributed by atoms with E-state index in [4.69, 9.17) is 0 Å². The minimum Gasteiger partial charge on any atom is -0.317 e. The number of nitrogens with zero attached hydrogens (tertiary/aromatic N) is 1. The van der Waals surface area contributed by atoms with Crippen LogP contribution in [-0.4, -0.2) is 23.8 Å². The summed E-state index contributed by atoms with van der Waals surface area (Å²) in [6, 6.07) is 6.09. The first kappa shape index (κ1) is 16.5. The third-order valence-electron chi connectivity index (χ3n) is 3.09. The minimum atomic E-state index is 1.13. The lowest BCUT2D eigenvalue weighted by Crippen LogP contribution is -2.17. The Labute approximate surface area is 122 Å². The molecule has 19 heavy (non-hydrogen) atoms. The second-order valence-corrected chi connectivity index (χ2v) is 6.00. The maximum atomic E-state index is 4.30. The predicted octanol–water partition coefficient (Wildman–Crippen LogP) is 4.51. The topological polar surface area (TPSA) is 24.9 Å². The van der Waals surface area contributed by atoms with Crippen molar-refractivity contribution in [2.24, 2.45) is 0 Å². The molecule has 0 aromatic carbocycles. The van der Waals surface area contributed by atoms with Gasteiger partial charge in [-0.2, -0.15) is 0 Å². The van der Waals surface area contributed by atoms with Crippen LogP contribution >= 0.6 is 11.8 Å². The van der Waals surface area contributed by atoms with E-state index in [1.807, 2.05) is 30.1 Å². The van der Waals surface area contributed by atoms with Crippen molar-refractivity contribution < 1.29 is 0 Å². The first-order chi connectivity index (χ1) is 9.43. The van der Waals surface area contributed by atoms with E-state index in [0.29, 0.717) is 0 Å². The largest absolute Gasteiger partial charge is 0.317 e. The average Bonchev–Trinajstić information content (AvgIpc) is 2.46. The van der Waals surface area contributed by atoms with Gasteiger partial charge in [0.15, 0.2) is 0 Å². The van der Waals surface area contributed by atoms with Gasteiger partial charge in [0.05, 0.1) is 5.03 Å². The number of thioether (sulfide) groups is 1. The summed E-state index contributed by atoms with van der Waals surface area (Å²) >= 11 is 1.85. The Balaban J connectivity index is 1.79. The third-order valence-corrected chi connectivity index (χ3v) is 4.12. The van der Waals surface area contributed by atoms with Crippen molar-refractivity contribution >= 4 is 11.8 Å². The van der Waals surface area contributed by atoms with Crippen LogP contribution in [-0.2, 0) is 0 Å². The lowest BCUT2D eigenvalue weighted by atomic mass is 10.1. The number of rotatable bonds is 12. The second kappa shape index (κ2) is 12.5. The molecule has 1 aromatic heterocycles. The van der Waals surface area contributed by atoms with Crippen LogP contribution in [0, 0.1) is 0 Å². The Kier molecular flexibility index (Phi) is 10.9. The normalized spacial score (nSPS) is 10.8. The fourth-order valence-corrected chi connectivity index (χ4v) is 2.77. The number of hydrogen-bond donors (Lipinski definition) is 1. The molecule has 0 radical (unpaired) electrons. The van der Waals surface area contributed by atoms with Gasteiger partial charge in [0.1, 0.15) is 0 Å². The van der Waals surface area contributed by atoms with E-state index in [9.17, 15) is 0 Å². The van der Waals surface area contributed by atoms with E-state index >= 15 is 0 Å². The minimum absolute atomic E-state index is 1.13. The lowest BCUT2D eigenvalue weighted by molar-refractivity contribution is 0.571. The summed E-state index contributed by atoms with van der Waals surface area (Å²) in [7, 11) is 0. The van der Waals surface area contributed by atoms with Gasteiger partial charge < -0.3 is 5.32 Å². The highest BCUT2D eigenvalue weighted by Gasteiger charge is 1.94. The molecule has 1 heterocycles. The molecule has 0 saturated heterocycles. The summed E-state index contributed by atoms with van der Waals surface area (Å²) in [5, 5.41) is 4.67. The fraction of sp³-hybridized carbons (Fsp3) is 0.688. The number of nitrogens with one attached hydrogen (secondary N) is 1. The van der Waals surface area contributed by atoms with E-state index < -0.39 is 0 Å².